The largest absolute Gasteiger partial charge is 0.462 e. The van der Waals surface area contributed by atoms with Gasteiger partial charge in [-0.1, -0.05) is 11.8 Å². The van der Waals surface area contributed by atoms with E-state index in [1.54, 1.807) is 18.4 Å². The summed E-state index contributed by atoms with van der Waals surface area (Å²) in [6.45, 7) is 8.20. The molecule has 0 aliphatic rings. The van der Waals surface area contributed by atoms with Gasteiger partial charge >= 0.3 is 5.97 Å². The second-order valence-corrected chi connectivity index (χ2v) is 8.66. The van der Waals surface area contributed by atoms with Crippen molar-refractivity contribution in [1.29, 1.82) is 0 Å². The number of rotatable bonds is 10. The van der Waals surface area contributed by atoms with Crippen molar-refractivity contribution >= 4 is 45.7 Å². The van der Waals surface area contributed by atoms with Gasteiger partial charge < -0.3 is 19.5 Å². The first-order chi connectivity index (χ1) is 15.5. The van der Waals surface area contributed by atoms with E-state index in [4.69, 9.17) is 4.74 Å². The minimum absolute atomic E-state index is 0.146. The Morgan fingerprint density at radius 3 is 2.50 bits per heavy atom. The molecule has 0 saturated heterocycles. The van der Waals surface area contributed by atoms with E-state index in [9.17, 15) is 9.59 Å². The van der Waals surface area contributed by atoms with Crippen LogP contribution in [-0.2, 0) is 16.6 Å². The van der Waals surface area contributed by atoms with Crippen LogP contribution in [0.15, 0.2) is 40.9 Å². The van der Waals surface area contributed by atoms with Gasteiger partial charge in [-0.15, -0.1) is 21.5 Å². The summed E-state index contributed by atoms with van der Waals surface area (Å²) in [4.78, 5) is 26.7. The Bertz CT molecular complexity index is 1060. The van der Waals surface area contributed by atoms with Crippen LogP contribution >= 0.6 is 23.1 Å². The Labute approximate surface area is 196 Å². The van der Waals surface area contributed by atoms with E-state index in [-0.39, 0.29) is 18.3 Å². The first-order valence-corrected chi connectivity index (χ1v) is 12.3. The molecule has 0 spiro atoms. The van der Waals surface area contributed by atoms with Gasteiger partial charge in [-0.25, -0.2) is 4.79 Å². The summed E-state index contributed by atoms with van der Waals surface area (Å²) >= 11 is 2.58. The quantitative estimate of drug-likeness (QED) is 0.347. The van der Waals surface area contributed by atoms with Crippen LogP contribution in [0.3, 0.4) is 0 Å². The number of thioether (sulfide) groups is 1. The Balaban J connectivity index is 1.62. The van der Waals surface area contributed by atoms with Crippen molar-refractivity contribution in [3.63, 3.8) is 0 Å². The molecule has 0 radical (unpaired) electrons. The second-order valence-electron chi connectivity index (χ2n) is 6.81. The fourth-order valence-corrected chi connectivity index (χ4v) is 4.67. The van der Waals surface area contributed by atoms with Gasteiger partial charge in [0.1, 0.15) is 5.00 Å². The lowest BCUT2D eigenvalue weighted by Gasteiger charge is -2.21. The first kappa shape index (κ1) is 23.8. The van der Waals surface area contributed by atoms with E-state index >= 15 is 0 Å². The SMILES string of the molecule is CCOC(=O)c1ccsc1NC(=O)CSc1nnc(-c2ccc(N(CC)CC)cc2)n1C. The van der Waals surface area contributed by atoms with E-state index in [1.807, 2.05) is 23.7 Å². The topological polar surface area (TPSA) is 89.3 Å². The number of aromatic nitrogens is 3. The van der Waals surface area contributed by atoms with Crippen molar-refractivity contribution in [1.82, 2.24) is 14.8 Å². The zero-order chi connectivity index (χ0) is 23.1. The maximum absolute atomic E-state index is 12.4. The normalized spacial score (nSPS) is 10.8. The molecule has 170 valence electrons. The molecule has 2 heterocycles. The predicted octanol–water partition coefficient (Wildman–Crippen LogP) is 4.30. The van der Waals surface area contributed by atoms with Gasteiger partial charge in [0.25, 0.3) is 0 Å². The van der Waals surface area contributed by atoms with Crippen molar-refractivity contribution in [2.45, 2.75) is 25.9 Å². The highest BCUT2D eigenvalue weighted by Crippen LogP contribution is 2.27. The molecule has 1 amide bonds. The third kappa shape index (κ3) is 5.49. The Hall–Kier alpha value is -2.85. The highest BCUT2D eigenvalue weighted by atomic mass is 32.2. The molecular weight excluding hydrogens is 446 g/mol. The number of carbonyl (C=O) groups is 2. The highest BCUT2D eigenvalue weighted by Gasteiger charge is 2.17. The lowest BCUT2D eigenvalue weighted by molar-refractivity contribution is -0.113. The first-order valence-electron chi connectivity index (χ1n) is 10.4. The number of carbonyl (C=O) groups excluding carboxylic acids is 2. The van der Waals surface area contributed by atoms with E-state index in [0.29, 0.717) is 15.7 Å². The minimum atomic E-state index is -0.443. The molecule has 0 bridgehead atoms. The average molecular weight is 474 g/mol. The highest BCUT2D eigenvalue weighted by molar-refractivity contribution is 7.99. The van der Waals surface area contributed by atoms with Crippen molar-refractivity contribution in [3.8, 4) is 11.4 Å². The van der Waals surface area contributed by atoms with Gasteiger partial charge in [-0.3, -0.25) is 4.79 Å². The minimum Gasteiger partial charge on any atom is -0.462 e. The van der Waals surface area contributed by atoms with E-state index in [2.05, 4.69) is 46.4 Å². The van der Waals surface area contributed by atoms with Crippen molar-refractivity contribution in [3.05, 3.63) is 41.3 Å². The van der Waals surface area contributed by atoms with Crippen LogP contribution in [0.25, 0.3) is 11.4 Å². The van der Waals surface area contributed by atoms with Crippen LogP contribution in [0, 0.1) is 0 Å². The molecule has 2 aromatic heterocycles. The van der Waals surface area contributed by atoms with Crippen molar-refractivity contribution in [2.75, 3.05) is 35.7 Å². The number of amides is 1. The maximum atomic E-state index is 12.4. The summed E-state index contributed by atoms with van der Waals surface area (Å²) in [6.07, 6.45) is 0. The van der Waals surface area contributed by atoms with E-state index in [0.717, 1.165) is 24.5 Å². The third-order valence-corrected chi connectivity index (χ3v) is 6.68. The molecule has 0 saturated carbocycles. The predicted molar refractivity (Wildman–Crippen MR) is 130 cm³/mol. The van der Waals surface area contributed by atoms with Gasteiger partial charge in [0, 0.05) is 31.4 Å². The molecule has 1 N–H and O–H groups in total. The van der Waals surface area contributed by atoms with Gasteiger partial charge in [-0.2, -0.15) is 0 Å². The van der Waals surface area contributed by atoms with Gasteiger partial charge in [0.05, 0.1) is 17.9 Å². The summed E-state index contributed by atoms with van der Waals surface area (Å²) in [5, 5.41) is 14.2. The van der Waals surface area contributed by atoms with Gasteiger partial charge in [0.15, 0.2) is 11.0 Å². The molecule has 0 aliphatic carbocycles. The van der Waals surface area contributed by atoms with Crippen LogP contribution in [0.5, 0.6) is 0 Å². The number of benzene rings is 1. The summed E-state index contributed by atoms with van der Waals surface area (Å²) < 4.78 is 6.89. The third-order valence-electron chi connectivity index (χ3n) is 4.83. The zero-order valence-electron chi connectivity index (χ0n) is 18.6. The molecule has 1 aromatic carbocycles. The molecule has 10 heteroatoms. The molecule has 8 nitrogen and oxygen atoms in total. The number of nitrogens with one attached hydrogen (secondary N) is 1. The zero-order valence-corrected chi connectivity index (χ0v) is 20.3. The second kappa shape index (κ2) is 11.1. The molecule has 3 aromatic rings. The molecule has 0 atom stereocenters. The van der Waals surface area contributed by atoms with E-state index in [1.165, 1.54) is 28.8 Å². The molecule has 0 fully saturated rings. The van der Waals surface area contributed by atoms with Crippen molar-refractivity contribution < 1.29 is 14.3 Å². The number of ether oxygens (including phenoxy) is 1. The standard InChI is InChI=1S/C22H27N5O3S2/c1-5-27(6-2)16-10-8-15(9-11-16)19-24-25-22(26(19)4)32-14-18(28)23-20-17(12-13-31-20)21(29)30-7-3/h8-13H,5-7,14H2,1-4H3,(H,23,28). The Morgan fingerprint density at radius 1 is 1.12 bits per heavy atom. The summed E-state index contributed by atoms with van der Waals surface area (Å²) in [7, 11) is 1.88. The van der Waals surface area contributed by atoms with E-state index < -0.39 is 5.97 Å². The van der Waals surface area contributed by atoms with Crippen molar-refractivity contribution in [2.24, 2.45) is 7.05 Å². The molecular formula is C22H27N5O3S2. The smallest absolute Gasteiger partial charge is 0.341 e. The number of hydrogen-bond donors (Lipinski definition) is 1. The monoisotopic (exact) mass is 473 g/mol. The summed E-state index contributed by atoms with van der Waals surface area (Å²) in [6, 6.07) is 9.88. The fraction of sp³-hybridized carbons (Fsp3) is 0.364. The number of esters is 1. The number of thiophene rings is 1. The van der Waals surface area contributed by atoms with Crippen LogP contribution < -0.4 is 10.2 Å². The van der Waals surface area contributed by atoms with Crippen LogP contribution in [0.1, 0.15) is 31.1 Å². The fourth-order valence-electron chi connectivity index (χ4n) is 3.17. The van der Waals surface area contributed by atoms with Gasteiger partial charge in [-0.05, 0) is 56.5 Å². The maximum Gasteiger partial charge on any atom is 0.341 e. The Morgan fingerprint density at radius 2 is 1.84 bits per heavy atom. The molecule has 32 heavy (non-hydrogen) atoms. The van der Waals surface area contributed by atoms with Gasteiger partial charge in [0.2, 0.25) is 5.91 Å². The van der Waals surface area contributed by atoms with Crippen LogP contribution in [0.4, 0.5) is 10.7 Å². The molecule has 0 aliphatic heterocycles. The molecule has 3 rings (SSSR count). The average Bonchev–Trinajstić information content (AvgIpc) is 3.40. The summed E-state index contributed by atoms with van der Waals surface area (Å²) in [5.74, 6) is 0.215. The number of nitrogens with zero attached hydrogens (tertiary/aromatic N) is 4. The lowest BCUT2D eigenvalue weighted by Crippen LogP contribution is -2.21. The van der Waals surface area contributed by atoms with Crippen LogP contribution in [-0.4, -0.2) is 52.1 Å². The van der Waals surface area contributed by atoms with Crippen LogP contribution in [0.2, 0.25) is 0 Å². The lowest BCUT2D eigenvalue weighted by atomic mass is 10.2. The number of anilines is 2. The number of hydrogen-bond acceptors (Lipinski definition) is 8. The summed E-state index contributed by atoms with van der Waals surface area (Å²) in [5.41, 5.74) is 2.50. The Kier molecular flexibility index (Phi) is 8.29. The molecule has 0 unspecified atom stereocenters.